The molecule has 0 saturated carbocycles. The van der Waals surface area contributed by atoms with Gasteiger partial charge in [-0.2, -0.15) is 13.2 Å². The van der Waals surface area contributed by atoms with Crippen molar-refractivity contribution in [2.75, 3.05) is 13.2 Å². The average Bonchev–Trinajstić information content (AvgIpc) is 2.73. The summed E-state index contributed by atoms with van der Waals surface area (Å²) in [5, 5.41) is 11.0. The third kappa shape index (κ3) is 6.33. The van der Waals surface area contributed by atoms with E-state index in [1.165, 1.54) is 12.1 Å². The molecular weight excluding hydrogens is 455 g/mol. The first-order valence-electron chi connectivity index (χ1n) is 9.72. The lowest BCUT2D eigenvalue weighted by Crippen LogP contribution is -2.26. The number of esters is 1. The molecule has 1 fully saturated rings. The number of alkyl halides is 3. The number of benzene rings is 2. The maximum absolute atomic E-state index is 12.8. The van der Waals surface area contributed by atoms with Crippen molar-refractivity contribution < 1.29 is 37.1 Å². The van der Waals surface area contributed by atoms with Gasteiger partial charge in [-0.15, -0.1) is 0 Å². The van der Waals surface area contributed by atoms with Gasteiger partial charge in [-0.1, -0.05) is 11.6 Å². The van der Waals surface area contributed by atoms with Crippen LogP contribution in [-0.4, -0.2) is 30.2 Å². The van der Waals surface area contributed by atoms with E-state index >= 15 is 0 Å². The lowest BCUT2D eigenvalue weighted by molar-refractivity contribution is -0.385. The molecular formula is C21H19ClF3NO6. The number of hydrogen-bond donors (Lipinski definition) is 0. The highest BCUT2D eigenvalue weighted by atomic mass is 35.5. The second-order valence-electron chi connectivity index (χ2n) is 7.14. The molecule has 0 aliphatic carbocycles. The van der Waals surface area contributed by atoms with Crippen molar-refractivity contribution in [1.29, 1.82) is 0 Å². The summed E-state index contributed by atoms with van der Waals surface area (Å²) in [5.74, 6) is -0.681. The zero-order valence-electron chi connectivity index (χ0n) is 16.7. The molecule has 3 rings (SSSR count). The summed E-state index contributed by atoms with van der Waals surface area (Å²) in [6.07, 6.45) is -2.46. The zero-order chi connectivity index (χ0) is 23.3. The van der Waals surface area contributed by atoms with Crippen LogP contribution in [0.1, 0.15) is 30.4 Å². The van der Waals surface area contributed by atoms with Crippen molar-refractivity contribution >= 4 is 23.3 Å². The SMILES string of the molecule is O=C(Cc1cc(Oc2ccc(C(F)(F)F)cc2Cl)ccc1[N+](=O)[O-])OCC1CCCCO1. The van der Waals surface area contributed by atoms with Gasteiger partial charge in [0.25, 0.3) is 5.69 Å². The number of carbonyl (C=O) groups excluding carboxylic acids is 1. The second kappa shape index (κ2) is 10.2. The summed E-state index contributed by atoms with van der Waals surface area (Å²) in [5.41, 5.74) is -1.23. The van der Waals surface area contributed by atoms with Crippen molar-refractivity contribution in [2.24, 2.45) is 0 Å². The molecule has 0 bridgehead atoms. The van der Waals surface area contributed by atoms with Crippen molar-refractivity contribution in [2.45, 2.75) is 38.0 Å². The highest BCUT2D eigenvalue weighted by Crippen LogP contribution is 2.37. The molecule has 1 aliphatic rings. The fraction of sp³-hybridized carbons (Fsp3) is 0.381. The molecule has 0 radical (unpaired) electrons. The van der Waals surface area contributed by atoms with Crippen LogP contribution in [0.3, 0.4) is 0 Å². The van der Waals surface area contributed by atoms with Crippen LogP contribution in [0.15, 0.2) is 36.4 Å². The number of rotatable bonds is 7. The Bertz CT molecular complexity index is 992. The lowest BCUT2D eigenvalue weighted by Gasteiger charge is -2.22. The third-order valence-corrected chi connectivity index (χ3v) is 5.07. The molecule has 11 heteroatoms. The van der Waals surface area contributed by atoms with Crippen LogP contribution in [0.4, 0.5) is 18.9 Å². The molecule has 2 aromatic carbocycles. The van der Waals surface area contributed by atoms with E-state index in [2.05, 4.69) is 0 Å². The lowest BCUT2D eigenvalue weighted by atomic mass is 10.1. The number of nitrogens with zero attached hydrogens (tertiary/aromatic N) is 1. The maximum atomic E-state index is 12.8. The zero-order valence-corrected chi connectivity index (χ0v) is 17.4. The summed E-state index contributed by atoms with van der Waals surface area (Å²) in [6, 6.07) is 6.22. The van der Waals surface area contributed by atoms with E-state index in [0.29, 0.717) is 12.7 Å². The molecule has 0 N–H and O–H groups in total. The summed E-state index contributed by atoms with van der Waals surface area (Å²) in [6.45, 7) is 0.656. The van der Waals surface area contributed by atoms with E-state index in [1.807, 2.05) is 0 Å². The minimum atomic E-state index is -4.56. The monoisotopic (exact) mass is 473 g/mol. The van der Waals surface area contributed by atoms with Gasteiger partial charge < -0.3 is 14.2 Å². The van der Waals surface area contributed by atoms with E-state index < -0.39 is 22.6 Å². The summed E-state index contributed by atoms with van der Waals surface area (Å²) < 4.78 is 54.5. The van der Waals surface area contributed by atoms with E-state index in [1.54, 1.807) is 0 Å². The van der Waals surface area contributed by atoms with Crippen LogP contribution in [-0.2, 0) is 26.9 Å². The molecule has 0 spiro atoms. The third-order valence-electron chi connectivity index (χ3n) is 4.77. The largest absolute Gasteiger partial charge is 0.463 e. The minimum absolute atomic E-state index is 0.0325. The molecule has 1 saturated heterocycles. The first kappa shape index (κ1) is 23.8. The average molecular weight is 474 g/mol. The molecule has 0 amide bonds. The Morgan fingerprint density at radius 1 is 1.22 bits per heavy atom. The molecule has 172 valence electrons. The Hall–Kier alpha value is -2.85. The number of hydrogen-bond acceptors (Lipinski definition) is 6. The van der Waals surface area contributed by atoms with Gasteiger partial charge >= 0.3 is 12.1 Å². The van der Waals surface area contributed by atoms with Crippen LogP contribution in [0.2, 0.25) is 5.02 Å². The second-order valence-corrected chi connectivity index (χ2v) is 7.55. The van der Waals surface area contributed by atoms with Gasteiger partial charge in [0, 0.05) is 18.2 Å². The topological polar surface area (TPSA) is 87.9 Å². The first-order valence-corrected chi connectivity index (χ1v) is 10.1. The Morgan fingerprint density at radius 3 is 2.62 bits per heavy atom. The van der Waals surface area contributed by atoms with Crippen molar-refractivity contribution in [1.82, 2.24) is 0 Å². The van der Waals surface area contributed by atoms with Crippen LogP contribution in [0.5, 0.6) is 11.5 Å². The highest BCUT2D eigenvalue weighted by Gasteiger charge is 2.31. The Labute approximate surface area is 186 Å². The van der Waals surface area contributed by atoms with Gasteiger partial charge in [-0.3, -0.25) is 14.9 Å². The Balaban J connectivity index is 1.72. The van der Waals surface area contributed by atoms with Crippen molar-refractivity contribution in [3.8, 4) is 11.5 Å². The van der Waals surface area contributed by atoms with Crippen molar-refractivity contribution in [3.05, 3.63) is 62.7 Å². The van der Waals surface area contributed by atoms with Crippen LogP contribution in [0, 0.1) is 10.1 Å². The molecule has 1 aliphatic heterocycles. The quantitative estimate of drug-likeness (QED) is 0.290. The molecule has 2 aromatic rings. The summed E-state index contributed by atoms with van der Waals surface area (Å²) in [7, 11) is 0. The van der Waals surface area contributed by atoms with Gasteiger partial charge in [0.05, 0.1) is 28.0 Å². The van der Waals surface area contributed by atoms with Gasteiger partial charge in [0.2, 0.25) is 0 Å². The predicted molar refractivity (Wildman–Crippen MR) is 108 cm³/mol. The molecule has 0 aromatic heterocycles. The molecule has 1 heterocycles. The van der Waals surface area contributed by atoms with E-state index in [4.69, 9.17) is 25.8 Å². The van der Waals surface area contributed by atoms with Gasteiger partial charge in [-0.05, 0) is 49.6 Å². The minimum Gasteiger partial charge on any atom is -0.463 e. The van der Waals surface area contributed by atoms with E-state index in [9.17, 15) is 28.1 Å². The number of nitro groups is 1. The van der Waals surface area contributed by atoms with E-state index in [-0.39, 0.29) is 46.9 Å². The fourth-order valence-corrected chi connectivity index (χ4v) is 3.38. The smallest absolute Gasteiger partial charge is 0.416 e. The van der Waals surface area contributed by atoms with Crippen LogP contribution in [0.25, 0.3) is 0 Å². The molecule has 32 heavy (non-hydrogen) atoms. The summed E-state index contributed by atoms with van der Waals surface area (Å²) >= 11 is 5.89. The van der Waals surface area contributed by atoms with Gasteiger partial charge in [-0.25, -0.2) is 0 Å². The van der Waals surface area contributed by atoms with Gasteiger partial charge in [0.1, 0.15) is 18.1 Å². The van der Waals surface area contributed by atoms with Crippen LogP contribution < -0.4 is 4.74 Å². The van der Waals surface area contributed by atoms with Crippen molar-refractivity contribution in [3.63, 3.8) is 0 Å². The standard InChI is InChI=1S/C21H19ClF3NO6/c22-17-11-14(21(23,24)25)4-7-19(17)32-15-5-6-18(26(28)29)13(9-15)10-20(27)31-12-16-3-1-2-8-30-16/h4-7,9,11,16H,1-3,8,10,12H2. The Morgan fingerprint density at radius 2 is 2.00 bits per heavy atom. The summed E-state index contributed by atoms with van der Waals surface area (Å²) in [4.78, 5) is 22.9. The van der Waals surface area contributed by atoms with E-state index in [0.717, 1.165) is 37.5 Å². The predicted octanol–water partition coefficient (Wildman–Crippen LogP) is 5.71. The highest BCUT2D eigenvalue weighted by molar-refractivity contribution is 6.32. The fourth-order valence-electron chi connectivity index (χ4n) is 3.16. The molecule has 1 unspecified atom stereocenters. The molecule has 7 nitrogen and oxygen atoms in total. The van der Waals surface area contributed by atoms with Crippen LogP contribution >= 0.6 is 11.6 Å². The normalized spacial score (nSPS) is 16.4. The first-order chi connectivity index (χ1) is 15.1. The number of carbonyl (C=O) groups is 1. The number of ether oxygens (including phenoxy) is 3. The number of halogens is 4. The van der Waals surface area contributed by atoms with Gasteiger partial charge in [0.15, 0.2) is 0 Å². The Kier molecular flexibility index (Phi) is 7.57. The maximum Gasteiger partial charge on any atom is 0.416 e. The number of nitro benzene ring substituents is 1. The molecule has 1 atom stereocenters.